The molecule has 5 heterocycles. The number of fused-ring (bicyclic) bond motifs is 2. The summed E-state index contributed by atoms with van der Waals surface area (Å²) < 4.78 is 19.0. The second-order valence-corrected chi connectivity index (χ2v) is 15.3. The van der Waals surface area contributed by atoms with E-state index < -0.39 is 4.92 Å². The second-order valence-electron chi connectivity index (χ2n) is 15.3. The number of hydrogen-bond acceptors (Lipinski definition) is 13. The molecule has 3 aromatic heterocycles. The molecule has 8 rings (SSSR count). The fourth-order valence-corrected chi connectivity index (χ4v) is 7.72. The third-order valence-electron chi connectivity index (χ3n) is 11.2. The van der Waals surface area contributed by atoms with Crippen LogP contribution in [0.4, 0.5) is 5.69 Å². The van der Waals surface area contributed by atoms with Gasteiger partial charge in [-0.1, -0.05) is 37.1 Å². The molecule has 3 aromatic carbocycles. The number of unbranched alkanes of at least 4 members (excludes halogenated alkanes) is 3. The van der Waals surface area contributed by atoms with Gasteiger partial charge < -0.3 is 24.3 Å². The largest absolute Gasteiger partial charge is 0.457 e. The number of nitrogens with one attached hydrogen (secondary N) is 1. The Morgan fingerprint density at radius 1 is 0.836 bits per heavy atom. The van der Waals surface area contributed by atoms with Crippen LogP contribution in [0.15, 0.2) is 102 Å². The van der Waals surface area contributed by atoms with Crippen molar-refractivity contribution < 1.29 is 28.6 Å². The Morgan fingerprint density at radius 3 is 2.34 bits per heavy atom. The third-order valence-corrected chi connectivity index (χ3v) is 11.2. The van der Waals surface area contributed by atoms with Crippen LogP contribution in [0.2, 0.25) is 0 Å². The van der Waals surface area contributed by atoms with E-state index in [2.05, 4.69) is 40.0 Å². The number of amides is 2. The number of aryl methyl sites for hydroxylation is 1. The molecule has 1 N–H and O–H groups in total. The molecule has 2 aliphatic heterocycles. The lowest BCUT2D eigenvalue weighted by Crippen LogP contribution is -2.50. The minimum absolute atomic E-state index is 0.00116. The number of para-hydroxylation sites is 1. The molecule has 17 heteroatoms. The average Bonchev–Trinajstić information content (AvgIpc) is 3.92. The number of non-ortho nitro benzene ring substituents is 1. The van der Waals surface area contributed by atoms with Gasteiger partial charge in [0, 0.05) is 83.7 Å². The summed E-state index contributed by atoms with van der Waals surface area (Å²) in [5, 5.41) is 21.8. The van der Waals surface area contributed by atoms with Crippen molar-refractivity contribution in [2.45, 2.75) is 44.6 Å². The lowest BCUT2D eigenvalue weighted by molar-refractivity contribution is -0.383. The Kier molecular flexibility index (Phi) is 13.2. The number of carbonyl (C=O) groups is 2. The molecule has 0 radical (unpaired) electrons. The molecule has 17 nitrogen and oxygen atoms in total. The molecule has 2 fully saturated rings. The van der Waals surface area contributed by atoms with Gasteiger partial charge in [-0.2, -0.15) is 4.98 Å². The number of ether oxygens (including phenoxy) is 2. The highest BCUT2D eigenvalue weighted by atomic mass is 16.6. The molecule has 0 atom stereocenters. The van der Waals surface area contributed by atoms with Crippen LogP contribution in [-0.4, -0.2) is 115 Å². The zero-order valence-electron chi connectivity index (χ0n) is 33.8. The van der Waals surface area contributed by atoms with Gasteiger partial charge in [-0.3, -0.25) is 29.5 Å². The quantitative estimate of drug-likeness (QED) is 0.0414. The van der Waals surface area contributed by atoms with Crippen molar-refractivity contribution in [3.05, 3.63) is 113 Å². The van der Waals surface area contributed by atoms with E-state index >= 15 is 0 Å². The molecular weight excluding hydrogens is 781 g/mol. The summed E-state index contributed by atoms with van der Waals surface area (Å²) in [6.07, 6.45) is 11.9. The highest BCUT2D eigenvalue weighted by Crippen LogP contribution is 2.34. The summed E-state index contributed by atoms with van der Waals surface area (Å²) in [5.41, 5.74) is 2.94. The summed E-state index contributed by atoms with van der Waals surface area (Å²) in [6.45, 7) is 6.91. The second kappa shape index (κ2) is 19.6. The summed E-state index contributed by atoms with van der Waals surface area (Å²) in [4.78, 5) is 51.6. The Labute approximate surface area is 352 Å². The van der Waals surface area contributed by atoms with E-state index in [0.29, 0.717) is 61.9 Å². The van der Waals surface area contributed by atoms with Crippen molar-refractivity contribution in [3.8, 4) is 23.1 Å². The number of carbonyl (C=O) groups excluding carboxylic acids is 2. The van der Waals surface area contributed by atoms with Crippen LogP contribution in [0.3, 0.4) is 0 Å². The summed E-state index contributed by atoms with van der Waals surface area (Å²) in [6, 6.07) is 22.2. The van der Waals surface area contributed by atoms with E-state index in [0.717, 1.165) is 80.8 Å². The van der Waals surface area contributed by atoms with E-state index in [-0.39, 0.29) is 29.1 Å². The fraction of sp³-hybridized carbons (Fsp3) is 0.364. The topological polar surface area (TPSA) is 187 Å². The van der Waals surface area contributed by atoms with Gasteiger partial charge in [0.05, 0.1) is 16.5 Å². The number of hydrogen-bond donors (Lipinski definition) is 1. The number of rotatable bonds is 19. The van der Waals surface area contributed by atoms with E-state index in [1.807, 2.05) is 77.8 Å². The lowest BCUT2D eigenvalue weighted by Gasteiger charge is -2.40. The van der Waals surface area contributed by atoms with Gasteiger partial charge in [-0.05, 0) is 83.7 Å². The number of piperazine rings is 1. The van der Waals surface area contributed by atoms with Crippen molar-refractivity contribution in [2.75, 3.05) is 58.9 Å². The standard InChI is InChI=1S/C44H48N10O7/c55-39(12-7-2-1-4-9-32-14-19-38(54(57)58)42-41(32)48-61-49-42)45-21-24-51-27-25-50(26-28-51)22-8-13-40(56)52-29-33(30-52)53-23-20-37-43(53)44(47-31-46-37)60-36-17-15-35(16-18-36)59-34-10-5-3-6-11-34/h3,5-6,8,10-11,13-20,23,31,33H,1-2,4,7,9,12,21-22,24-30H2,(H,45,55)/b13-8+. The Hall–Kier alpha value is -6.72. The third kappa shape index (κ3) is 10.4. The summed E-state index contributed by atoms with van der Waals surface area (Å²) in [7, 11) is 0. The molecule has 316 valence electrons. The molecule has 0 unspecified atom stereocenters. The van der Waals surface area contributed by atoms with Gasteiger partial charge in [0.2, 0.25) is 23.2 Å². The zero-order valence-corrected chi connectivity index (χ0v) is 33.8. The summed E-state index contributed by atoms with van der Waals surface area (Å²) in [5.74, 6) is 2.60. The first-order chi connectivity index (χ1) is 29.9. The normalized spacial score (nSPS) is 15.0. The monoisotopic (exact) mass is 828 g/mol. The predicted octanol–water partition coefficient (Wildman–Crippen LogP) is 6.33. The van der Waals surface area contributed by atoms with E-state index in [9.17, 15) is 19.7 Å². The van der Waals surface area contributed by atoms with Crippen LogP contribution >= 0.6 is 0 Å². The van der Waals surface area contributed by atoms with Crippen LogP contribution in [0.25, 0.3) is 22.1 Å². The maximum atomic E-state index is 13.0. The highest BCUT2D eigenvalue weighted by Gasteiger charge is 2.32. The number of aromatic nitrogens is 5. The minimum Gasteiger partial charge on any atom is -0.457 e. The molecule has 2 aliphatic rings. The first-order valence-electron chi connectivity index (χ1n) is 20.8. The zero-order chi connectivity index (χ0) is 42.0. The fourth-order valence-electron chi connectivity index (χ4n) is 7.72. The molecule has 0 spiro atoms. The number of benzene rings is 3. The number of nitro benzene ring substituents is 1. The van der Waals surface area contributed by atoms with Gasteiger partial charge in [-0.15, -0.1) is 0 Å². The van der Waals surface area contributed by atoms with Crippen molar-refractivity contribution in [3.63, 3.8) is 0 Å². The molecule has 2 amide bonds. The van der Waals surface area contributed by atoms with Crippen LogP contribution < -0.4 is 14.8 Å². The van der Waals surface area contributed by atoms with Crippen LogP contribution in [0, 0.1) is 10.1 Å². The predicted molar refractivity (Wildman–Crippen MR) is 226 cm³/mol. The molecule has 61 heavy (non-hydrogen) atoms. The smallest absolute Gasteiger partial charge is 0.300 e. The van der Waals surface area contributed by atoms with Crippen LogP contribution in [-0.2, 0) is 16.0 Å². The first-order valence-corrected chi connectivity index (χ1v) is 20.8. The van der Waals surface area contributed by atoms with Crippen molar-refractivity contribution >= 4 is 39.6 Å². The van der Waals surface area contributed by atoms with Crippen LogP contribution in [0.1, 0.15) is 43.7 Å². The molecule has 6 aromatic rings. The van der Waals surface area contributed by atoms with Gasteiger partial charge >= 0.3 is 5.69 Å². The molecule has 0 bridgehead atoms. The molecule has 0 saturated carbocycles. The van der Waals surface area contributed by atoms with Gasteiger partial charge in [0.15, 0.2) is 0 Å². The van der Waals surface area contributed by atoms with E-state index in [1.165, 1.54) is 12.4 Å². The van der Waals surface area contributed by atoms with Gasteiger partial charge in [0.1, 0.15) is 34.6 Å². The van der Waals surface area contributed by atoms with Crippen molar-refractivity contribution in [2.24, 2.45) is 0 Å². The first kappa shape index (κ1) is 41.0. The van der Waals surface area contributed by atoms with E-state index in [1.54, 1.807) is 12.1 Å². The molecule has 2 saturated heterocycles. The lowest BCUT2D eigenvalue weighted by atomic mass is 10.0. The van der Waals surface area contributed by atoms with E-state index in [4.69, 9.17) is 14.1 Å². The number of nitro groups is 1. The average molecular weight is 829 g/mol. The van der Waals surface area contributed by atoms with Gasteiger partial charge in [0.25, 0.3) is 0 Å². The minimum atomic E-state index is -0.487. The van der Waals surface area contributed by atoms with Crippen molar-refractivity contribution in [1.29, 1.82) is 0 Å². The molecular formula is C44H48N10O7. The summed E-state index contributed by atoms with van der Waals surface area (Å²) >= 11 is 0. The maximum absolute atomic E-state index is 13.0. The SMILES string of the molecule is O=C(CCCCCCc1ccc([N+](=O)[O-])c2nonc12)NCCN1CCN(C/C=C/C(=O)N2CC(n3ccc4ncnc(Oc5ccc(Oc6ccccc6)cc5)c43)C2)CC1. The highest BCUT2D eigenvalue weighted by molar-refractivity contribution is 5.88. The molecule has 0 aliphatic carbocycles. The Morgan fingerprint density at radius 2 is 1.56 bits per heavy atom. The van der Waals surface area contributed by atoms with Crippen molar-refractivity contribution in [1.82, 2.24) is 44.9 Å². The van der Waals surface area contributed by atoms with Crippen LogP contribution in [0.5, 0.6) is 23.1 Å². The number of likely N-dealkylation sites (tertiary alicyclic amines) is 1. The Bertz CT molecular complexity index is 2460. The Balaban J connectivity index is 0.689. The number of nitrogens with zero attached hydrogens (tertiary/aromatic N) is 9. The van der Waals surface area contributed by atoms with Gasteiger partial charge in [-0.25, -0.2) is 9.61 Å². The maximum Gasteiger partial charge on any atom is 0.300 e.